The highest BCUT2D eigenvalue weighted by atomic mass is 32.1. The molecular formula is C19H21N3O4S. The van der Waals surface area contributed by atoms with Crippen LogP contribution in [0.1, 0.15) is 11.1 Å². The Bertz CT molecular complexity index is 812. The fourth-order valence-electron chi connectivity index (χ4n) is 2.03. The highest BCUT2D eigenvalue weighted by Crippen LogP contribution is 2.18. The second kappa shape index (κ2) is 10.1. The van der Waals surface area contributed by atoms with Crippen LogP contribution in [0, 0.1) is 13.8 Å². The summed E-state index contributed by atoms with van der Waals surface area (Å²) in [6.07, 6.45) is 0. The second-order valence-corrected chi connectivity index (χ2v) is 6.12. The summed E-state index contributed by atoms with van der Waals surface area (Å²) in [6, 6.07) is 14.7. The summed E-state index contributed by atoms with van der Waals surface area (Å²) in [5.74, 6) is 0.327. The first-order valence-electron chi connectivity index (χ1n) is 8.20. The Morgan fingerprint density at radius 3 is 2.37 bits per heavy atom. The van der Waals surface area contributed by atoms with Gasteiger partial charge in [0.05, 0.1) is 0 Å². The number of para-hydroxylation sites is 1. The minimum absolute atomic E-state index is 0.0439. The van der Waals surface area contributed by atoms with Crippen molar-refractivity contribution in [2.24, 2.45) is 0 Å². The number of ether oxygens (including phenoxy) is 2. The molecule has 2 aromatic rings. The van der Waals surface area contributed by atoms with Gasteiger partial charge < -0.3 is 9.47 Å². The van der Waals surface area contributed by atoms with Crippen LogP contribution in [0.5, 0.6) is 11.5 Å². The third-order valence-electron chi connectivity index (χ3n) is 3.38. The lowest BCUT2D eigenvalue weighted by Crippen LogP contribution is -2.50. The molecule has 2 amide bonds. The Hall–Kier alpha value is -3.13. The van der Waals surface area contributed by atoms with Crippen LogP contribution in [-0.2, 0) is 9.59 Å². The summed E-state index contributed by atoms with van der Waals surface area (Å²) in [7, 11) is 0. The van der Waals surface area contributed by atoms with Crippen LogP contribution in [0.15, 0.2) is 48.5 Å². The standard InChI is InChI=1S/C19H21N3O4S/c1-13-8-9-14(2)16(10-13)26-11-17(23)20-19(27)22-21-18(24)12-25-15-6-4-3-5-7-15/h3-10H,11-12H2,1-2H3,(H,21,24)(H2,20,22,23,27). The smallest absolute Gasteiger partial charge is 0.276 e. The van der Waals surface area contributed by atoms with Gasteiger partial charge in [0.15, 0.2) is 18.3 Å². The molecule has 3 N–H and O–H groups in total. The van der Waals surface area contributed by atoms with Crippen LogP contribution in [0.25, 0.3) is 0 Å². The molecule has 0 saturated carbocycles. The number of aryl methyl sites for hydroxylation is 2. The van der Waals surface area contributed by atoms with Gasteiger partial charge in [-0.05, 0) is 55.4 Å². The number of nitrogens with one attached hydrogen (secondary N) is 3. The van der Waals surface area contributed by atoms with Crippen LogP contribution in [0.3, 0.4) is 0 Å². The van der Waals surface area contributed by atoms with Gasteiger partial charge in [-0.25, -0.2) is 0 Å². The maximum atomic E-state index is 11.9. The molecule has 0 aliphatic carbocycles. The normalized spacial score (nSPS) is 9.85. The zero-order valence-electron chi connectivity index (χ0n) is 15.1. The quantitative estimate of drug-likeness (QED) is 0.517. The number of hydrogen-bond donors (Lipinski definition) is 3. The Balaban J connectivity index is 1.66. The molecule has 27 heavy (non-hydrogen) atoms. The zero-order valence-corrected chi connectivity index (χ0v) is 15.9. The summed E-state index contributed by atoms with van der Waals surface area (Å²) >= 11 is 4.95. The number of rotatable bonds is 6. The maximum Gasteiger partial charge on any atom is 0.276 e. The van der Waals surface area contributed by atoms with E-state index in [0.29, 0.717) is 11.5 Å². The molecule has 0 aliphatic rings. The van der Waals surface area contributed by atoms with E-state index in [-0.39, 0.29) is 18.3 Å². The van der Waals surface area contributed by atoms with Gasteiger partial charge >= 0.3 is 0 Å². The Morgan fingerprint density at radius 1 is 0.926 bits per heavy atom. The molecule has 0 bridgehead atoms. The average molecular weight is 387 g/mol. The van der Waals surface area contributed by atoms with Crippen molar-refractivity contribution in [2.75, 3.05) is 13.2 Å². The number of amides is 2. The number of thiocarbonyl (C=S) groups is 1. The first-order valence-corrected chi connectivity index (χ1v) is 8.61. The summed E-state index contributed by atoms with van der Waals surface area (Å²) < 4.78 is 10.8. The summed E-state index contributed by atoms with van der Waals surface area (Å²) in [5, 5.41) is 2.37. The van der Waals surface area contributed by atoms with E-state index >= 15 is 0 Å². The van der Waals surface area contributed by atoms with E-state index in [4.69, 9.17) is 21.7 Å². The number of carbonyl (C=O) groups excluding carboxylic acids is 2. The van der Waals surface area contributed by atoms with E-state index in [0.717, 1.165) is 11.1 Å². The lowest BCUT2D eigenvalue weighted by molar-refractivity contribution is -0.124. The van der Waals surface area contributed by atoms with Crippen LogP contribution in [0.2, 0.25) is 0 Å². The van der Waals surface area contributed by atoms with Crippen molar-refractivity contribution in [3.63, 3.8) is 0 Å². The minimum Gasteiger partial charge on any atom is -0.484 e. The summed E-state index contributed by atoms with van der Waals surface area (Å²) in [4.78, 5) is 23.6. The third kappa shape index (κ3) is 7.33. The predicted octanol–water partition coefficient (Wildman–Crippen LogP) is 1.78. The molecular weight excluding hydrogens is 366 g/mol. The highest BCUT2D eigenvalue weighted by molar-refractivity contribution is 7.80. The molecule has 2 aromatic carbocycles. The minimum atomic E-state index is -0.443. The second-order valence-electron chi connectivity index (χ2n) is 5.71. The molecule has 2 rings (SSSR count). The zero-order chi connectivity index (χ0) is 19.6. The molecule has 0 aromatic heterocycles. The van der Waals surface area contributed by atoms with Crippen molar-refractivity contribution >= 4 is 29.1 Å². The molecule has 0 radical (unpaired) electrons. The Labute approximate surface area is 163 Å². The van der Waals surface area contributed by atoms with Crippen molar-refractivity contribution in [1.82, 2.24) is 16.2 Å². The molecule has 0 spiro atoms. The van der Waals surface area contributed by atoms with Crippen molar-refractivity contribution in [3.05, 3.63) is 59.7 Å². The largest absolute Gasteiger partial charge is 0.484 e. The molecule has 0 aliphatic heterocycles. The lowest BCUT2D eigenvalue weighted by Gasteiger charge is -2.12. The van der Waals surface area contributed by atoms with Crippen molar-refractivity contribution in [2.45, 2.75) is 13.8 Å². The molecule has 0 fully saturated rings. The predicted molar refractivity (Wildman–Crippen MR) is 105 cm³/mol. The van der Waals surface area contributed by atoms with E-state index in [9.17, 15) is 9.59 Å². The number of carbonyl (C=O) groups is 2. The van der Waals surface area contributed by atoms with Crippen LogP contribution in [-0.4, -0.2) is 30.1 Å². The van der Waals surface area contributed by atoms with Gasteiger partial charge in [0.2, 0.25) is 0 Å². The van der Waals surface area contributed by atoms with E-state index in [1.54, 1.807) is 24.3 Å². The topological polar surface area (TPSA) is 88.7 Å². The highest BCUT2D eigenvalue weighted by Gasteiger charge is 2.08. The Morgan fingerprint density at radius 2 is 1.63 bits per heavy atom. The van der Waals surface area contributed by atoms with Gasteiger partial charge in [0.25, 0.3) is 11.8 Å². The monoisotopic (exact) mass is 387 g/mol. The van der Waals surface area contributed by atoms with Gasteiger partial charge in [-0.2, -0.15) is 0 Å². The lowest BCUT2D eigenvalue weighted by atomic mass is 10.1. The van der Waals surface area contributed by atoms with Crippen LogP contribution < -0.4 is 25.6 Å². The number of hydrogen-bond acceptors (Lipinski definition) is 5. The SMILES string of the molecule is Cc1ccc(C)c(OCC(=O)NC(=S)NNC(=O)COc2ccccc2)c1. The van der Waals surface area contributed by atoms with Crippen molar-refractivity contribution < 1.29 is 19.1 Å². The maximum absolute atomic E-state index is 11.9. The fourth-order valence-corrected chi connectivity index (χ4v) is 2.19. The van der Waals surface area contributed by atoms with Crippen LogP contribution in [0.4, 0.5) is 0 Å². The Kier molecular flexibility index (Phi) is 7.57. The van der Waals surface area contributed by atoms with Gasteiger partial charge in [-0.15, -0.1) is 0 Å². The van der Waals surface area contributed by atoms with Gasteiger partial charge in [-0.1, -0.05) is 30.3 Å². The third-order valence-corrected chi connectivity index (χ3v) is 3.59. The fraction of sp³-hybridized carbons (Fsp3) is 0.211. The average Bonchev–Trinajstić information content (AvgIpc) is 2.66. The molecule has 7 nitrogen and oxygen atoms in total. The van der Waals surface area contributed by atoms with Crippen molar-refractivity contribution in [3.8, 4) is 11.5 Å². The summed E-state index contributed by atoms with van der Waals surface area (Å²) in [6.45, 7) is 3.45. The first kappa shape index (κ1) is 20.2. The molecule has 142 valence electrons. The van der Waals surface area contributed by atoms with E-state index in [1.165, 1.54) is 0 Å². The number of hydrazine groups is 1. The first-order chi connectivity index (χ1) is 12.9. The van der Waals surface area contributed by atoms with Gasteiger partial charge in [0.1, 0.15) is 11.5 Å². The molecule has 0 atom stereocenters. The van der Waals surface area contributed by atoms with Crippen molar-refractivity contribution in [1.29, 1.82) is 0 Å². The van der Waals surface area contributed by atoms with Crippen LogP contribution >= 0.6 is 12.2 Å². The van der Waals surface area contributed by atoms with Gasteiger partial charge in [-0.3, -0.25) is 25.8 Å². The number of benzene rings is 2. The molecule has 0 saturated heterocycles. The van der Waals surface area contributed by atoms with E-state index in [1.807, 2.05) is 38.1 Å². The van der Waals surface area contributed by atoms with Gasteiger partial charge in [0, 0.05) is 0 Å². The molecule has 0 heterocycles. The molecule has 8 heteroatoms. The van der Waals surface area contributed by atoms with E-state index < -0.39 is 11.8 Å². The summed E-state index contributed by atoms with van der Waals surface area (Å²) in [5.41, 5.74) is 6.74. The van der Waals surface area contributed by atoms with E-state index in [2.05, 4.69) is 16.2 Å². The molecule has 0 unspecified atom stereocenters.